The fourth-order valence-electron chi connectivity index (χ4n) is 7.33. The minimum absolute atomic E-state index is 0.0647. The first-order chi connectivity index (χ1) is 19.5. The predicted molar refractivity (Wildman–Crippen MR) is 176 cm³/mol. The number of halogens is 1. The molecule has 2 aromatic heterocycles. The van der Waals surface area contributed by atoms with Gasteiger partial charge in [0.15, 0.2) is 0 Å². The Labute approximate surface area is 244 Å². The Bertz CT molecular complexity index is 2370. The third-order valence-electron chi connectivity index (χ3n) is 9.01. The van der Waals surface area contributed by atoms with Crippen molar-refractivity contribution < 1.29 is 0 Å². The summed E-state index contributed by atoms with van der Waals surface area (Å²) >= 11 is 5.86. The molecule has 1 aliphatic rings. The van der Waals surface area contributed by atoms with Crippen LogP contribution in [0.15, 0.2) is 114 Å². The van der Waals surface area contributed by atoms with Crippen molar-refractivity contribution >= 4 is 80.0 Å². The third kappa shape index (κ3) is 2.82. The van der Waals surface area contributed by atoms with E-state index in [0.29, 0.717) is 0 Å². The van der Waals surface area contributed by atoms with E-state index in [0.717, 1.165) is 4.47 Å². The largest absolute Gasteiger partial charge is 0.309 e. The predicted octanol–water partition coefficient (Wildman–Crippen LogP) is 11.4. The van der Waals surface area contributed by atoms with Gasteiger partial charge in [0.2, 0.25) is 0 Å². The monoisotopic (exact) mass is 593 g/mol. The second-order valence-corrected chi connectivity index (χ2v) is 13.4. The van der Waals surface area contributed by atoms with Gasteiger partial charge in [-0.2, -0.15) is 0 Å². The van der Waals surface area contributed by atoms with Gasteiger partial charge in [-0.05, 0) is 63.4 Å². The van der Waals surface area contributed by atoms with Gasteiger partial charge in [-0.1, -0.05) is 109 Å². The van der Waals surface area contributed by atoms with Gasteiger partial charge in [-0.3, -0.25) is 0 Å². The van der Waals surface area contributed by atoms with E-state index in [-0.39, 0.29) is 5.41 Å². The van der Waals surface area contributed by atoms with Crippen molar-refractivity contribution in [2.24, 2.45) is 0 Å². The van der Waals surface area contributed by atoms with Gasteiger partial charge < -0.3 is 4.57 Å². The van der Waals surface area contributed by atoms with Crippen molar-refractivity contribution in [3.8, 4) is 16.8 Å². The highest BCUT2D eigenvalue weighted by Crippen LogP contribution is 2.52. The second kappa shape index (κ2) is 7.84. The number of thiophene rings is 1. The van der Waals surface area contributed by atoms with Gasteiger partial charge >= 0.3 is 0 Å². The topological polar surface area (TPSA) is 4.93 Å². The molecule has 1 aliphatic carbocycles. The zero-order chi connectivity index (χ0) is 26.7. The van der Waals surface area contributed by atoms with Gasteiger partial charge in [-0.25, -0.2) is 0 Å². The number of rotatable bonds is 1. The maximum absolute atomic E-state index is 3.98. The summed E-state index contributed by atoms with van der Waals surface area (Å²) in [5, 5.41) is 7.87. The molecule has 0 atom stereocenters. The zero-order valence-corrected chi connectivity index (χ0v) is 24.5. The molecule has 0 amide bonds. The average Bonchev–Trinajstić information content (AvgIpc) is 3.59. The standard InChI is InChI=1S/C37H24BrNS/c1-37(2)28-18-16-22(19-27(28)24-17-15-21-9-3-4-10-23(21)35(24)37)39-30-13-7-5-11-25(30)33-29(38)20-32-34(36(33)39)26-12-6-8-14-31(26)40-32/h3-20H,1-2H3. The second-order valence-electron chi connectivity index (χ2n) is 11.5. The van der Waals surface area contributed by atoms with Crippen LogP contribution in [0.5, 0.6) is 0 Å². The molecule has 1 nitrogen and oxygen atoms in total. The minimum atomic E-state index is -0.0647. The smallest absolute Gasteiger partial charge is 0.0645 e. The molecule has 8 aromatic rings. The molecule has 0 unspecified atom stereocenters. The van der Waals surface area contributed by atoms with Crippen LogP contribution in [0.25, 0.3) is 69.6 Å². The summed E-state index contributed by atoms with van der Waals surface area (Å²) in [7, 11) is 0. The van der Waals surface area contributed by atoms with Crippen molar-refractivity contribution in [1.29, 1.82) is 0 Å². The molecular formula is C37H24BrNS. The maximum atomic E-state index is 3.98. The van der Waals surface area contributed by atoms with E-state index in [1.54, 1.807) is 0 Å². The van der Waals surface area contributed by atoms with Gasteiger partial charge in [0.05, 0.1) is 11.0 Å². The minimum Gasteiger partial charge on any atom is -0.309 e. The highest BCUT2D eigenvalue weighted by Gasteiger charge is 2.37. The van der Waals surface area contributed by atoms with E-state index in [4.69, 9.17) is 0 Å². The third-order valence-corrected chi connectivity index (χ3v) is 10.8. The molecule has 0 N–H and O–H groups in total. The van der Waals surface area contributed by atoms with Crippen LogP contribution < -0.4 is 0 Å². The molecule has 0 aliphatic heterocycles. The molecule has 9 rings (SSSR count). The van der Waals surface area contributed by atoms with Crippen molar-refractivity contribution in [3.63, 3.8) is 0 Å². The van der Waals surface area contributed by atoms with E-state index in [1.807, 2.05) is 11.3 Å². The first-order valence-electron chi connectivity index (χ1n) is 13.7. The van der Waals surface area contributed by atoms with Crippen molar-refractivity contribution in [2.75, 3.05) is 0 Å². The van der Waals surface area contributed by atoms with Crippen molar-refractivity contribution in [3.05, 3.63) is 125 Å². The van der Waals surface area contributed by atoms with Crippen LogP contribution in [0.1, 0.15) is 25.0 Å². The summed E-state index contributed by atoms with van der Waals surface area (Å²) in [6.45, 7) is 4.75. The number of benzene rings is 6. The summed E-state index contributed by atoms with van der Waals surface area (Å²) in [4.78, 5) is 0. The molecule has 2 heterocycles. The van der Waals surface area contributed by atoms with Gasteiger partial charge in [-0.15, -0.1) is 11.3 Å². The maximum Gasteiger partial charge on any atom is 0.0645 e. The Morgan fingerprint density at radius 2 is 1.40 bits per heavy atom. The summed E-state index contributed by atoms with van der Waals surface area (Å²) < 4.78 is 6.29. The van der Waals surface area contributed by atoms with E-state index in [1.165, 1.54) is 80.7 Å². The molecule has 0 fully saturated rings. The Kier molecular flexibility index (Phi) is 4.48. The van der Waals surface area contributed by atoms with E-state index in [2.05, 4.69) is 144 Å². The number of para-hydroxylation sites is 1. The lowest BCUT2D eigenvalue weighted by atomic mass is 9.80. The number of nitrogens with zero attached hydrogens (tertiary/aromatic N) is 1. The van der Waals surface area contributed by atoms with Crippen LogP contribution in [-0.2, 0) is 5.41 Å². The molecule has 0 radical (unpaired) electrons. The fraction of sp³-hybridized carbons (Fsp3) is 0.0811. The van der Waals surface area contributed by atoms with E-state index in [9.17, 15) is 0 Å². The van der Waals surface area contributed by atoms with E-state index < -0.39 is 0 Å². The average molecular weight is 595 g/mol. The van der Waals surface area contributed by atoms with Crippen molar-refractivity contribution in [2.45, 2.75) is 19.3 Å². The lowest BCUT2D eigenvalue weighted by molar-refractivity contribution is 0.666. The fourth-order valence-corrected chi connectivity index (χ4v) is 9.26. The molecule has 0 spiro atoms. The van der Waals surface area contributed by atoms with Crippen LogP contribution in [0.3, 0.4) is 0 Å². The van der Waals surface area contributed by atoms with Crippen LogP contribution in [0.2, 0.25) is 0 Å². The van der Waals surface area contributed by atoms with Gasteiger partial charge in [0, 0.05) is 46.5 Å². The normalized spacial score (nSPS) is 14.1. The molecule has 6 aromatic carbocycles. The summed E-state index contributed by atoms with van der Waals surface area (Å²) in [6, 6.07) is 40.5. The Morgan fingerprint density at radius 3 is 2.27 bits per heavy atom. The Balaban J connectivity index is 1.43. The first kappa shape index (κ1) is 22.9. The number of hydrogen-bond acceptors (Lipinski definition) is 1. The lowest BCUT2D eigenvalue weighted by Gasteiger charge is -2.23. The van der Waals surface area contributed by atoms with Crippen LogP contribution >= 0.6 is 27.3 Å². The van der Waals surface area contributed by atoms with Gasteiger partial charge in [0.25, 0.3) is 0 Å². The number of fused-ring (bicyclic) bond motifs is 12. The lowest BCUT2D eigenvalue weighted by Crippen LogP contribution is -2.15. The Morgan fingerprint density at radius 1 is 0.650 bits per heavy atom. The molecule has 0 saturated heterocycles. The zero-order valence-electron chi connectivity index (χ0n) is 22.1. The van der Waals surface area contributed by atoms with Crippen LogP contribution in [0, 0.1) is 0 Å². The molecule has 40 heavy (non-hydrogen) atoms. The summed E-state index contributed by atoms with van der Waals surface area (Å²) in [5.41, 5.74) is 9.19. The van der Waals surface area contributed by atoms with Crippen LogP contribution in [0.4, 0.5) is 0 Å². The highest BCUT2D eigenvalue weighted by atomic mass is 79.9. The van der Waals surface area contributed by atoms with Crippen LogP contribution in [-0.4, -0.2) is 4.57 Å². The molecule has 3 heteroatoms. The highest BCUT2D eigenvalue weighted by molar-refractivity contribution is 9.10. The molecular weight excluding hydrogens is 570 g/mol. The number of hydrogen-bond donors (Lipinski definition) is 0. The molecule has 0 bridgehead atoms. The van der Waals surface area contributed by atoms with E-state index >= 15 is 0 Å². The van der Waals surface area contributed by atoms with Crippen molar-refractivity contribution in [1.82, 2.24) is 4.57 Å². The molecule has 190 valence electrons. The first-order valence-corrected chi connectivity index (χ1v) is 15.3. The molecule has 0 saturated carbocycles. The Hall–Kier alpha value is -3.92. The summed E-state index contributed by atoms with van der Waals surface area (Å²) in [6.07, 6.45) is 0. The summed E-state index contributed by atoms with van der Waals surface area (Å²) in [5.74, 6) is 0. The van der Waals surface area contributed by atoms with Gasteiger partial charge in [0.1, 0.15) is 0 Å². The number of aromatic nitrogens is 1. The quantitative estimate of drug-likeness (QED) is 0.178. The SMILES string of the molecule is CC1(C)c2ccc(-n3c4ccccc4c4c(Br)cc5sc6ccccc6c5c43)cc2-c2ccc3ccccc3c21.